The molecule has 0 aromatic heterocycles. The third kappa shape index (κ3) is 3.34. The van der Waals surface area contributed by atoms with Gasteiger partial charge in [0.15, 0.2) is 11.5 Å². The van der Waals surface area contributed by atoms with Gasteiger partial charge in [-0.25, -0.2) is 0 Å². The molecule has 1 saturated heterocycles. The van der Waals surface area contributed by atoms with Gasteiger partial charge in [-0.2, -0.15) is 0 Å². The molecule has 0 aliphatic carbocycles. The monoisotopic (exact) mass is 354 g/mol. The second-order valence-electron chi connectivity index (χ2n) is 6.05. The Kier molecular flexibility index (Phi) is 4.45. The van der Waals surface area contributed by atoms with Crippen LogP contribution in [0.25, 0.3) is 0 Å². The maximum atomic E-state index is 12.4. The van der Waals surface area contributed by atoms with E-state index in [9.17, 15) is 9.59 Å². The van der Waals surface area contributed by atoms with Crippen LogP contribution in [0.2, 0.25) is 0 Å². The van der Waals surface area contributed by atoms with Crippen LogP contribution in [-0.2, 0) is 9.53 Å². The van der Waals surface area contributed by atoms with Crippen molar-refractivity contribution in [3.8, 4) is 11.5 Å². The summed E-state index contributed by atoms with van der Waals surface area (Å²) in [6.45, 7) is 0.868. The molecule has 1 unspecified atom stereocenters. The Hall–Kier alpha value is -3.06. The van der Waals surface area contributed by atoms with E-state index in [4.69, 9.17) is 14.2 Å². The summed E-state index contributed by atoms with van der Waals surface area (Å²) in [6, 6.07) is 14.5. The summed E-state index contributed by atoms with van der Waals surface area (Å²) in [6.07, 6.45) is -0.272. The van der Waals surface area contributed by atoms with Gasteiger partial charge in [0.25, 0.3) is 11.8 Å². The van der Waals surface area contributed by atoms with Crippen molar-refractivity contribution in [1.82, 2.24) is 5.32 Å². The van der Waals surface area contributed by atoms with Crippen molar-refractivity contribution in [3.05, 3.63) is 54.1 Å². The highest BCUT2D eigenvalue weighted by Gasteiger charge is 2.27. The number of hydrogen-bond donors (Lipinski definition) is 1. The normalized spacial score (nSPS) is 18.7. The summed E-state index contributed by atoms with van der Waals surface area (Å²) in [5.74, 6) is 0.881. The van der Waals surface area contributed by atoms with E-state index in [0.717, 1.165) is 5.69 Å². The topological polar surface area (TPSA) is 77.1 Å². The smallest absolute Gasteiger partial charge is 0.253 e. The molecule has 1 atom stereocenters. The van der Waals surface area contributed by atoms with Crippen LogP contribution >= 0.6 is 0 Å². The maximum absolute atomic E-state index is 12.4. The molecule has 26 heavy (non-hydrogen) atoms. The number of para-hydroxylation sites is 1. The van der Waals surface area contributed by atoms with E-state index in [2.05, 4.69) is 5.32 Å². The number of carbonyl (C=O) groups is 2. The number of morpholine rings is 1. The van der Waals surface area contributed by atoms with E-state index < -0.39 is 0 Å². The number of benzene rings is 2. The fraction of sp³-hybridized carbons (Fsp3) is 0.263. The van der Waals surface area contributed by atoms with Crippen LogP contribution in [0, 0.1) is 0 Å². The number of nitrogens with zero attached hydrogens (tertiary/aromatic N) is 1. The van der Waals surface area contributed by atoms with Gasteiger partial charge in [-0.3, -0.25) is 9.59 Å². The van der Waals surface area contributed by atoms with Crippen LogP contribution in [0.4, 0.5) is 5.69 Å². The highest BCUT2D eigenvalue weighted by Crippen LogP contribution is 2.32. The number of fused-ring (bicyclic) bond motifs is 1. The minimum absolute atomic E-state index is 0.000540. The average molecular weight is 354 g/mol. The van der Waals surface area contributed by atoms with Crippen molar-refractivity contribution in [2.45, 2.75) is 6.10 Å². The molecule has 134 valence electrons. The predicted octanol–water partition coefficient (Wildman–Crippen LogP) is 1.58. The Morgan fingerprint density at radius 1 is 1.12 bits per heavy atom. The summed E-state index contributed by atoms with van der Waals surface area (Å²) >= 11 is 0. The minimum atomic E-state index is -0.272. The molecule has 2 aliphatic rings. The van der Waals surface area contributed by atoms with E-state index in [-0.39, 0.29) is 31.3 Å². The molecule has 7 nitrogen and oxygen atoms in total. The lowest BCUT2D eigenvalue weighted by atomic mass is 10.1. The lowest BCUT2D eigenvalue weighted by molar-refractivity contribution is -0.129. The Morgan fingerprint density at radius 3 is 2.77 bits per heavy atom. The third-order valence-electron chi connectivity index (χ3n) is 4.32. The molecule has 2 heterocycles. The van der Waals surface area contributed by atoms with Crippen LogP contribution in [-0.4, -0.2) is 44.4 Å². The Bertz CT molecular complexity index is 824. The Labute approximate surface area is 150 Å². The molecule has 7 heteroatoms. The zero-order valence-electron chi connectivity index (χ0n) is 14.0. The molecule has 0 saturated carbocycles. The van der Waals surface area contributed by atoms with E-state index in [1.165, 1.54) is 0 Å². The fourth-order valence-electron chi connectivity index (χ4n) is 2.95. The largest absolute Gasteiger partial charge is 0.454 e. The van der Waals surface area contributed by atoms with Crippen LogP contribution in [0.3, 0.4) is 0 Å². The maximum Gasteiger partial charge on any atom is 0.253 e. The predicted molar refractivity (Wildman–Crippen MR) is 93.4 cm³/mol. The van der Waals surface area contributed by atoms with Gasteiger partial charge in [0.05, 0.1) is 12.6 Å². The van der Waals surface area contributed by atoms with Crippen molar-refractivity contribution >= 4 is 17.5 Å². The second kappa shape index (κ2) is 7.05. The Morgan fingerprint density at radius 2 is 1.92 bits per heavy atom. The van der Waals surface area contributed by atoms with Crippen LogP contribution < -0.4 is 19.7 Å². The van der Waals surface area contributed by atoms with E-state index in [0.29, 0.717) is 30.2 Å². The van der Waals surface area contributed by atoms with Gasteiger partial charge in [0, 0.05) is 17.8 Å². The molecule has 4 rings (SSSR count). The van der Waals surface area contributed by atoms with Gasteiger partial charge >= 0.3 is 0 Å². The Balaban J connectivity index is 1.37. The number of rotatable bonds is 4. The number of anilines is 1. The van der Waals surface area contributed by atoms with Crippen LogP contribution in [0.15, 0.2) is 48.5 Å². The molecule has 2 aromatic carbocycles. The average Bonchev–Trinajstić information content (AvgIpc) is 3.15. The minimum Gasteiger partial charge on any atom is -0.454 e. The van der Waals surface area contributed by atoms with Crippen LogP contribution in [0.1, 0.15) is 10.4 Å². The summed E-state index contributed by atoms with van der Waals surface area (Å²) in [7, 11) is 0. The summed E-state index contributed by atoms with van der Waals surface area (Å²) < 4.78 is 16.1. The van der Waals surface area contributed by atoms with E-state index >= 15 is 0 Å². The summed E-state index contributed by atoms with van der Waals surface area (Å²) in [5, 5.41) is 2.85. The zero-order chi connectivity index (χ0) is 17.9. The first kappa shape index (κ1) is 16.4. The number of hydrogen-bond acceptors (Lipinski definition) is 5. The third-order valence-corrected chi connectivity index (χ3v) is 4.32. The number of amides is 2. The molecule has 2 aromatic rings. The van der Waals surface area contributed by atoms with Crippen molar-refractivity contribution in [3.63, 3.8) is 0 Å². The first-order chi connectivity index (χ1) is 12.7. The fourth-order valence-corrected chi connectivity index (χ4v) is 2.95. The molecule has 2 aliphatic heterocycles. The van der Waals surface area contributed by atoms with Gasteiger partial charge in [0.1, 0.15) is 6.61 Å². The van der Waals surface area contributed by atoms with E-state index in [1.54, 1.807) is 23.1 Å². The number of ether oxygens (including phenoxy) is 3. The van der Waals surface area contributed by atoms with E-state index in [1.807, 2.05) is 30.3 Å². The molecule has 1 N–H and O–H groups in total. The quantitative estimate of drug-likeness (QED) is 0.902. The van der Waals surface area contributed by atoms with Crippen molar-refractivity contribution in [2.24, 2.45) is 0 Å². The van der Waals surface area contributed by atoms with Gasteiger partial charge in [-0.15, -0.1) is 0 Å². The molecule has 0 radical (unpaired) electrons. The molecular weight excluding hydrogens is 336 g/mol. The first-order valence-electron chi connectivity index (χ1n) is 8.35. The van der Waals surface area contributed by atoms with Gasteiger partial charge in [0.2, 0.25) is 6.79 Å². The highest BCUT2D eigenvalue weighted by molar-refractivity contribution is 5.96. The standard InChI is InChI=1S/C19H18N2O5/c22-18-11-24-15(10-21(18)14-4-2-1-3-5-14)9-20-19(23)13-6-7-16-17(8-13)26-12-25-16/h1-8,15H,9-12H2,(H,20,23). The number of carbonyl (C=O) groups excluding carboxylic acids is 2. The molecule has 0 bridgehead atoms. The first-order valence-corrected chi connectivity index (χ1v) is 8.35. The van der Waals surface area contributed by atoms with Crippen LogP contribution in [0.5, 0.6) is 11.5 Å². The lowest BCUT2D eigenvalue weighted by Crippen LogP contribution is -2.50. The molecule has 2 amide bonds. The van der Waals surface area contributed by atoms with Gasteiger partial charge in [-0.05, 0) is 30.3 Å². The van der Waals surface area contributed by atoms with Gasteiger partial charge < -0.3 is 24.4 Å². The summed E-state index contributed by atoms with van der Waals surface area (Å²) in [4.78, 5) is 26.1. The highest BCUT2D eigenvalue weighted by atomic mass is 16.7. The van der Waals surface area contributed by atoms with Crippen molar-refractivity contribution < 1.29 is 23.8 Å². The second-order valence-corrected chi connectivity index (χ2v) is 6.05. The lowest BCUT2D eigenvalue weighted by Gasteiger charge is -2.32. The molecular formula is C19H18N2O5. The number of nitrogens with one attached hydrogen (secondary N) is 1. The van der Waals surface area contributed by atoms with Crippen molar-refractivity contribution in [2.75, 3.05) is 31.4 Å². The van der Waals surface area contributed by atoms with Crippen molar-refractivity contribution in [1.29, 1.82) is 0 Å². The molecule has 1 fully saturated rings. The zero-order valence-corrected chi connectivity index (χ0v) is 14.0. The molecule has 0 spiro atoms. The SMILES string of the molecule is O=C(NCC1CN(c2ccccc2)C(=O)CO1)c1ccc2c(c1)OCO2. The summed E-state index contributed by atoms with van der Waals surface area (Å²) in [5.41, 5.74) is 1.31. The van der Waals surface area contributed by atoms with Gasteiger partial charge in [-0.1, -0.05) is 18.2 Å².